The normalized spacial score (nSPS) is 20.4. The van der Waals surface area contributed by atoms with E-state index in [9.17, 15) is 12.8 Å². The van der Waals surface area contributed by atoms with E-state index in [1.807, 2.05) is 26.2 Å². The average Bonchev–Trinajstić information content (AvgIpc) is 2.81. The van der Waals surface area contributed by atoms with Gasteiger partial charge in [0.2, 0.25) is 0 Å². The highest BCUT2D eigenvalue weighted by molar-refractivity contribution is 7.92. The van der Waals surface area contributed by atoms with Crippen LogP contribution in [-0.2, 0) is 10.0 Å². The van der Waals surface area contributed by atoms with Gasteiger partial charge in [0.15, 0.2) is 0 Å². The van der Waals surface area contributed by atoms with Crippen LogP contribution in [0.2, 0.25) is 15.1 Å². The minimum atomic E-state index is -4.27. The summed E-state index contributed by atoms with van der Waals surface area (Å²) >= 11 is 18.8. The van der Waals surface area contributed by atoms with Crippen LogP contribution < -0.4 is 9.46 Å². The maximum absolute atomic E-state index is 15.0. The minimum absolute atomic E-state index is 0.00687. The molecule has 36 heavy (non-hydrogen) atoms. The van der Waals surface area contributed by atoms with Crippen molar-refractivity contribution >= 4 is 50.6 Å². The van der Waals surface area contributed by atoms with E-state index in [2.05, 4.69) is 19.6 Å². The van der Waals surface area contributed by atoms with Crippen molar-refractivity contribution in [1.82, 2.24) is 14.9 Å². The molecule has 192 valence electrons. The van der Waals surface area contributed by atoms with Gasteiger partial charge in [0.1, 0.15) is 34.7 Å². The van der Waals surface area contributed by atoms with E-state index in [4.69, 9.17) is 39.5 Å². The number of ether oxygens (including phenoxy) is 1. The number of nitrogens with zero attached hydrogens (tertiary/aromatic N) is 3. The zero-order valence-corrected chi connectivity index (χ0v) is 22.5. The Hall–Kier alpha value is -2.17. The monoisotopic (exact) mass is 572 g/mol. The molecule has 7 nitrogen and oxygen atoms in total. The Morgan fingerprint density at radius 2 is 1.81 bits per heavy atom. The Morgan fingerprint density at radius 1 is 1.08 bits per heavy atom. The van der Waals surface area contributed by atoms with Gasteiger partial charge in [-0.2, -0.15) is 0 Å². The summed E-state index contributed by atoms with van der Waals surface area (Å²) in [6, 6.07) is 8.94. The Bertz CT molecular complexity index is 1330. The first-order valence-electron chi connectivity index (χ1n) is 11.1. The van der Waals surface area contributed by atoms with E-state index in [0.29, 0.717) is 16.5 Å². The molecule has 1 fully saturated rings. The first-order valence-corrected chi connectivity index (χ1v) is 13.7. The summed E-state index contributed by atoms with van der Waals surface area (Å²) in [4.78, 5) is 8.97. The molecule has 0 unspecified atom stereocenters. The number of likely N-dealkylation sites (N-methyl/N-ethyl adjacent to an activating group) is 1. The highest BCUT2D eigenvalue weighted by Gasteiger charge is 2.35. The van der Waals surface area contributed by atoms with Crippen LogP contribution >= 0.6 is 34.8 Å². The smallest absolute Gasteiger partial charge is 0.266 e. The minimum Gasteiger partial charge on any atom is -0.487 e. The predicted octanol–water partition coefficient (Wildman–Crippen LogP) is 6.02. The Labute approximate surface area is 224 Å². The van der Waals surface area contributed by atoms with Gasteiger partial charge in [-0.15, -0.1) is 0 Å². The van der Waals surface area contributed by atoms with Crippen LogP contribution in [0.25, 0.3) is 0 Å². The van der Waals surface area contributed by atoms with Crippen molar-refractivity contribution in [2.45, 2.75) is 42.2 Å². The molecule has 0 saturated heterocycles. The number of aromatic nitrogens is 2. The van der Waals surface area contributed by atoms with E-state index in [1.165, 1.54) is 18.6 Å². The molecular weight excluding hydrogens is 550 g/mol. The SMILES string of the molecule is CN(C)[C@H]1C[C@@H](c2cc(Cl)cc(Cl)c2)CC[C@@H]1Oc1cc(F)c(S(=O)(=O)Nc2ccncn2)cc1Cl. The number of hydrogen-bond donors (Lipinski definition) is 1. The lowest BCUT2D eigenvalue weighted by Crippen LogP contribution is -2.46. The zero-order chi connectivity index (χ0) is 26.0. The van der Waals surface area contributed by atoms with E-state index in [1.54, 1.807) is 6.07 Å². The summed E-state index contributed by atoms with van der Waals surface area (Å²) in [6.07, 6.45) is 4.50. The second kappa shape index (κ2) is 11.1. The van der Waals surface area contributed by atoms with Crippen molar-refractivity contribution in [3.8, 4) is 5.75 Å². The summed E-state index contributed by atoms with van der Waals surface area (Å²) in [6.45, 7) is 0. The molecule has 0 bridgehead atoms. The highest BCUT2D eigenvalue weighted by Crippen LogP contribution is 2.40. The molecule has 0 amide bonds. The van der Waals surface area contributed by atoms with Crippen LogP contribution in [0.15, 0.2) is 53.8 Å². The van der Waals surface area contributed by atoms with Gasteiger partial charge in [-0.3, -0.25) is 4.72 Å². The van der Waals surface area contributed by atoms with Crippen LogP contribution in [-0.4, -0.2) is 49.5 Å². The lowest BCUT2D eigenvalue weighted by atomic mass is 9.79. The van der Waals surface area contributed by atoms with Crippen molar-refractivity contribution in [2.75, 3.05) is 18.8 Å². The number of hydrogen-bond acceptors (Lipinski definition) is 6. The summed E-state index contributed by atoms with van der Waals surface area (Å²) in [5.74, 6) is -0.677. The molecule has 1 saturated carbocycles. The zero-order valence-electron chi connectivity index (χ0n) is 19.5. The second-order valence-corrected chi connectivity index (χ2v) is 11.7. The summed E-state index contributed by atoms with van der Waals surface area (Å²) in [5.41, 5.74) is 1.06. The van der Waals surface area contributed by atoms with Crippen molar-refractivity contribution in [3.63, 3.8) is 0 Å². The van der Waals surface area contributed by atoms with Gasteiger partial charge in [-0.25, -0.2) is 22.8 Å². The average molecular weight is 574 g/mol. The van der Waals surface area contributed by atoms with E-state index >= 15 is 0 Å². The summed E-state index contributed by atoms with van der Waals surface area (Å²) < 4.78 is 48.7. The van der Waals surface area contributed by atoms with Crippen LogP contribution in [0.1, 0.15) is 30.7 Å². The molecule has 0 spiro atoms. The van der Waals surface area contributed by atoms with Crippen molar-refractivity contribution < 1.29 is 17.5 Å². The van der Waals surface area contributed by atoms with Gasteiger partial charge in [-0.1, -0.05) is 34.8 Å². The first-order chi connectivity index (χ1) is 17.0. The fraction of sp³-hybridized carbons (Fsp3) is 0.333. The lowest BCUT2D eigenvalue weighted by molar-refractivity contribution is 0.0544. The number of sulfonamides is 1. The van der Waals surface area contributed by atoms with Crippen LogP contribution in [0, 0.1) is 5.82 Å². The van der Waals surface area contributed by atoms with E-state index < -0.39 is 20.7 Å². The fourth-order valence-corrected chi connectivity index (χ4v) is 6.34. The molecule has 12 heteroatoms. The molecule has 1 heterocycles. The van der Waals surface area contributed by atoms with Crippen molar-refractivity contribution in [3.05, 3.63) is 75.4 Å². The molecule has 3 atom stereocenters. The van der Waals surface area contributed by atoms with E-state index in [0.717, 1.165) is 30.5 Å². The third-order valence-corrected chi connectivity index (χ3v) is 8.25. The van der Waals surface area contributed by atoms with Crippen molar-refractivity contribution in [1.29, 1.82) is 0 Å². The second-order valence-electron chi connectivity index (χ2n) is 8.81. The predicted molar refractivity (Wildman–Crippen MR) is 139 cm³/mol. The third-order valence-electron chi connectivity index (χ3n) is 6.15. The number of anilines is 1. The van der Waals surface area contributed by atoms with Gasteiger partial charge in [0.05, 0.1) is 5.02 Å². The molecule has 0 radical (unpaired) electrons. The van der Waals surface area contributed by atoms with Gasteiger partial charge in [0, 0.05) is 28.4 Å². The lowest BCUT2D eigenvalue weighted by Gasteiger charge is -2.40. The fourth-order valence-electron chi connectivity index (χ4n) is 4.43. The van der Waals surface area contributed by atoms with Crippen LogP contribution in [0.3, 0.4) is 0 Å². The van der Waals surface area contributed by atoms with Gasteiger partial charge in [0.25, 0.3) is 10.0 Å². The first kappa shape index (κ1) is 26.9. The Balaban J connectivity index is 1.53. The molecule has 3 aromatic rings. The number of halogens is 4. The maximum atomic E-state index is 15.0. The van der Waals surface area contributed by atoms with Crippen molar-refractivity contribution in [2.24, 2.45) is 0 Å². The van der Waals surface area contributed by atoms with Gasteiger partial charge < -0.3 is 9.64 Å². The molecule has 1 N–H and O–H groups in total. The van der Waals surface area contributed by atoms with Crippen LogP contribution in [0.4, 0.5) is 10.2 Å². The Morgan fingerprint density at radius 3 is 2.44 bits per heavy atom. The highest BCUT2D eigenvalue weighted by atomic mass is 35.5. The quantitative estimate of drug-likeness (QED) is 0.372. The summed E-state index contributed by atoms with van der Waals surface area (Å²) in [5, 5.41) is 1.16. The molecule has 1 aromatic heterocycles. The molecular formula is C24H24Cl3FN4O3S. The molecule has 2 aromatic carbocycles. The standard InChI is InChI=1S/C24H24Cl3FN4O3S/c1-32(2)20-9-14(15-7-16(25)10-17(26)8-15)3-4-21(20)35-22-12-19(28)23(11-18(22)27)36(33,34)31-24-5-6-29-13-30-24/h5-8,10-14,20-21H,3-4,9H2,1-2H3,(H,29,30,31)/t14-,20-,21-/m0/s1. The maximum Gasteiger partial charge on any atom is 0.266 e. The summed E-state index contributed by atoms with van der Waals surface area (Å²) in [7, 11) is -0.372. The number of rotatable bonds is 7. The van der Waals surface area contributed by atoms with Gasteiger partial charge in [-0.05, 0) is 75.2 Å². The molecule has 1 aliphatic rings. The third kappa shape index (κ3) is 6.20. The largest absolute Gasteiger partial charge is 0.487 e. The molecule has 4 rings (SSSR count). The van der Waals surface area contributed by atoms with E-state index in [-0.39, 0.29) is 34.7 Å². The topological polar surface area (TPSA) is 84.4 Å². The molecule has 0 aliphatic heterocycles. The molecule has 1 aliphatic carbocycles. The number of nitrogens with one attached hydrogen (secondary N) is 1. The number of benzene rings is 2. The Kier molecular flexibility index (Phi) is 8.26. The van der Waals surface area contributed by atoms with Crippen LogP contribution in [0.5, 0.6) is 5.75 Å². The van der Waals surface area contributed by atoms with Gasteiger partial charge >= 0.3 is 0 Å².